The predicted octanol–water partition coefficient (Wildman–Crippen LogP) is 7.94. The maximum Gasteiger partial charge on any atom is 0.472 e. The number of carbonyl (C=O) groups excluding carboxylic acids is 2. The smallest absolute Gasteiger partial charge is 0.472 e. The maximum absolute atomic E-state index is 12.4. The van der Waals surface area contributed by atoms with Crippen LogP contribution in [-0.4, -0.2) is 59.9 Å². The molecule has 0 radical (unpaired) electrons. The molecule has 0 heterocycles. The molecule has 0 bridgehead atoms. The summed E-state index contributed by atoms with van der Waals surface area (Å²) in [7, 11) is -4.70. The Bertz CT molecular complexity index is 895. The fourth-order valence-corrected chi connectivity index (χ4v) is 5.15. The van der Waals surface area contributed by atoms with Gasteiger partial charge in [-0.2, -0.15) is 0 Å². The molecular formula is C34H62NO10P. The number of phosphoric ester groups is 1. The molecule has 0 fully saturated rings. The Kier molecular flexibility index (Phi) is 29.0. The summed E-state index contributed by atoms with van der Waals surface area (Å²) in [5.41, 5.74) is 5.29. The lowest BCUT2D eigenvalue weighted by atomic mass is 10.1. The lowest BCUT2D eigenvalue weighted by molar-refractivity contribution is -0.161. The highest BCUT2D eigenvalue weighted by molar-refractivity contribution is 7.47. The molecule has 11 nitrogen and oxygen atoms in total. The molecule has 4 N–H and O–H groups in total. The zero-order chi connectivity index (χ0) is 34.3. The first-order valence-corrected chi connectivity index (χ1v) is 18.9. The molecule has 0 aliphatic heterocycles. The largest absolute Gasteiger partial charge is 0.480 e. The minimum absolute atomic E-state index is 0.159. The molecule has 0 aliphatic rings. The van der Waals surface area contributed by atoms with Crippen LogP contribution in [0, 0.1) is 0 Å². The number of phosphoric acid groups is 1. The Morgan fingerprint density at radius 1 is 0.674 bits per heavy atom. The summed E-state index contributed by atoms with van der Waals surface area (Å²) in [6.07, 6.45) is 27.0. The van der Waals surface area contributed by atoms with E-state index in [-0.39, 0.29) is 19.4 Å². The Balaban J connectivity index is 4.47. The van der Waals surface area contributed by atoms with Gasteiger partial charge in [-0.25, -0.2) is 4.57 Å². The molecule has 0 aromatic rings. The van der Waals surface area contributed by atoms with E-state index >= 15 is 0 Å². The molecule has 0 spiro atoms. The number of unbranched alkanes of at least 4 members (excludes halogenated alkanes) is 14. The van der Waals surface area contributed by atoms with E-state index in [0.29, 0.717) is 12.8 Å². The first-order valence-electron chi connectivity index (χ1n) is 17.4. The molecular weight excluding hydrogens is 613 g/mol. The van der Waals surface area contributed by atoms with E-state index in [1.165, 1.54) is 38.5 Å². The second-order valence-electron chi connectivity index (χ2n) is 11.7. The average molecular weight is 676 g/mol. The number of nitrogens with two attached hydrogens (primary N) is 1. The summed E-state index contributed by atoms with van der Waals surface area (Å²) < 4.78 is 32.4. The second-order valence-corrected chi connectivity index (χ2v) is 13.1. The van der Waals surface area contributed by atoms with Gasteiger partial charge in [-0.3, -0.25) is 23.4 Å². The van der Waals surface area contributed by atoms with E-state index < -0.39 is 51.1 Å². The van der Waals surface area contributed by atoms with Crippen LogP contribution >= 0.6 is 7.82 Å². The van der Waals surface area contributed by atoms with Crippen molar-refractivity contribution in [1.82, 2.24) is 0 Å². The number of ether oxygens (including phenoxy) is 2. The molecule has 0 saturated carbocycles. The van der Waals surface area contributed by atoms with Crippen molar-refractivity contribution in [3.8, 4) is 0 Å². The van der Waals surface area contributed by atoms with Gasteiger partial charge in [-0.15, -0.1) is 0 Å². The number of aliphatic carboxylic acids is 1. The van der Waals surface area contributed by atoms with Gasteiger partial charge in [0, 0.05) is 12.8 Å². The van der Waals surface area contributed by atoms with Crippen molar-refractivity contribution in [3.63, 3.8) is 0 Å². The van der Waals surface area contributed by atoms with Crippen molar-refractivity contribution in [2.24, 2.45) is 5.73 Å². The fraction of sp³-hybridized carbons (Fsp3) is 0.794. The highest BCUT2D eigenvalue weighted by atomic mass is 31.2. The summed E-state index contributed by atoms with van der Waals surface area (Å²) >= 11 is 0. The molecule has 0 saturated heterocycles. The summed E-state index contributed by atoms with van der Waals surface area (Å²) in [6.45, 7) is 2.67. The molecule has 1 unspecified atom stereocenters. The lowest BCUT2D eigenvalue weighted by Gasteiger charge is -2.20. The van der Waals surface area contributed by atoms with Crippen LogP contribution in [0.2, 0.25) is 0 Å². The minimum atomic E-state index is -4.70. The standard InChI is InChI=1S/C34H62NO10P/c1-3-5-7-9-11-13-14-15-16-17-18-20-21-23-25-32(36)42-27-30(28-43-46(40,41)44-29-31(35)34(38)39)45-33(37)26-24-22-19-12-10-8-6-4-2/h9,11,14-15,30-31H,3-8,10,12-13,16-29,35H2,1-2H3,(H,38,39)(H,40,41)/b11-9+,15-14+/t30-,31+/m0/s1. The Hall–Kier alpha value is -2.04. The van der Waals surface area contributed by atoms with Gasteiger partial charge in [-0.1, -0.05) is 115 Å². The number of rotatable bonds is 32. The van der Waals surface area contributed by atoms with E-state index in [2.05, 4.69) is 42.7 Å². The zero-order valence-electron chi connectivity index (χ0n) is 28.4. The van der Waals surface area contributed by atoms with Crippen molar-refractivity contribution >= 4 is 25.7 Å². The van der Waals surface area contributed by atoms with Crippen molar-refractivity contribution < 1.29 is 47.5 Å². The number of carboxylic acid groups (broad SMARTS) is 1. The molecule has 46 heavy (non-hydrogen) atoms. The normalized spacial score (nSPS) is 14.3. The number of hydrogen-bond acceptors (Lipinski definition) is 9. The van der Waals surface area contributed by atoms with Crippen LogP contribution in [-0.2, 0) is 37.5 Å². The van der Waals surface area contributed by atoms with Gasteiger partial charge < -0.3 is 25.2 Å². The molecule has 268 valence electrons. The van der Waals surface area contributed by atoms with Crippen LogP contribution in [0.15, 0.2) is 24.3 Å². The van der Waals surface area contributed by atoms with Gasteiger partial charge in [0.15, 0.2) is 6.10 Å². The van der Waals surface area contributed by atoms with E-state index in [0.717, 1.165) is 64.2 Å². The SMILES string of the molecule is CCCC/C=C/C/C=C/CCCCCCCC(=O)OC[C@@H](COP(=O)(O)OC[C@@H](N)C(=O)O)OC(=O)CCCCCCCCCC. The van der Waals surface area contributed by atoms with Crippen molar-refractivity contribution in [1.29, 1.82) is 0 Å². The summed E-state index contributed by atoms with van der Waals surface area (Å²) in [5.74, 6) is -2.40. The number of hydrogen-bond donors (Lipinski definition) is 3. The lowest BCUT2D eigenvalue weighted by Crippen LogP contribution is -2.34. The third kappa shape index (κ3) is 29.4. The van der Waals surface area contributed by atoms with Crippen molar-refractivity contribution in [3.05, 3.63) is 24.3 Å². The fourth-order valence-electron chi connectivity index (χ4n) is 4.37. The molecule has 0 aromatic heterocycles. The monoisotopic (exact) mass is 675 g/mol. The third-order valence-corrected chi connectivity index (χ3v) is 8.15. The second kappa shape index (κ2) is 30.3. The number of carboxylic acids is 1. The summed E-state index contributed by atoms with van der Waals surface area (Å²) in [5, 5.41) is 8.82. The molecule has 0 aromatic carbocycles. The molecule has 0 amide bonds. The van der Waals surface area contributed by atoms with Gasteiger partial charge in [0.25, 0.3) is 0 Å². The molecule has 12 heteroatoms. The minimum Gasteiger partial charge on any atom is -0.480 e. The van der Waals surface area contributed by atoms with E-state index in [4.69, 9.17) is 24.8 Å². The van der Waals surface area contributed by atoms with Gasteiger partial charge in [0.2, 0.25) is 0 Å². The first kappa shape index (κ1) is 44.0. The number of esters is 2. The van der Waals surface area contributed by atoms with Gasteiger partial charge in [0.05, 0.1) is 13.2 Å². The average Bonchev–Trinajstić information content (AvgIpc) is 3.02. The van der Waals surface area contributed by atoms with Crippen LogP contribution in [0.4, 0.5) is 0 Å². The maximum atomic E-state index is 12.4. The predicted molar refractivity (Wildman–Crippen MR) is 180 cm³/mol. The van der Waals surface area contributed by atoms with Crippen LogP contribution in [0.25, 0.3) is 0 Å². The Morgan fingerprint density at radius 3 is 1.76 bits per heavy atom. The van der Waals surface area contributed by atoms with Gasteiger partial charge in [0.1, 0.15) is 12.6 Å². The third-order valence-electron chi connectivity index (χ3n) is 7.20. The zero-order valence-corrected chi connectivity index (χ0v) is 29.3. The van der Waals surface area contributed by atoms with E-state index in [1.54, 1.807) is 0 Å². The molecule has 3 atom stereocenters. The van der Waals surface area contributed by atoms with Crippen LogP contribution in [0.5, 0.6) is 0 Å². The van der Waals surface area contributed by atoms with Gasteiger partial charge >= 0.3 is 25.7 Å². The Morgan fingerprint density at radius 2 is 1.17 bits per heavy atom. The van der Waals surface area contributed by atoms with Crippen LogP contribution < -0.4 is 5.73 Å². The summed E-state index contributed by atoms with van der Waals surface area (Å²) in [4.78, 5) is 45.5. The van der Waals surface area contributed by atoms with Crippen LogP contribution in [0.1, 0.15) is 142 Å². The van der Waals surface area contributed by atoms with Gasteiger partial charge in [-0.05, 0) is 38.5 Å². The highest BCUT2D eigenvalue weighted by Gasteiger charge is 2.28. The topological polar surface area (TPSA) is 172 Å². The molecule has 0 aliphatic carbocycles. The first-order chi connectivity index (χ1) is 22.1. The van der Waals surface area contributed by atoms with Crippen molar-refractivity contribution in [2.75, 3.05) is 19.8 Å². The van der Waals surface area contributed by atoms with E-state index in [1.807, 2.05) is 0 Å². The quantitative estimate of drug-likeness (QED) is 0.0273. The molecule has 0 rings (SSSR count). The van der Waals surface area contributed by atoms with Crippen LogP contribution in [0.3, 0.4) is 0 Å². The van der Waals surface area contributed by atoms with Crippen molar-refractivity contribution in [2.45, 2.75) is 154 Å². The van der Waals surface area contributed by atoms with E-state index in [9.17, 15) is 23.8 Å². The number of carbonyl (C=O) groups is 3. The highest BCUT2D eigenvalue weighted by Crippen LogP contribution is 2.43. The number of allylic oxidation sites excluding steroid dienone is 4. The Labute approximate surface area is 277 Å². The summed E-state index contributed by atoms with van der Waals surface area (Å²) in [6, 6.07) is -1.52.